The van der Waals surface area contributed by atoms with E-state index >= 15 is 0 Å². The fourth-order valence-corrected chi connectivity index (χ4v) is 4.21. The van der Waals surface area contributed by atoms with Crippen LogP contribution < -0.4 is 5.19 Å². The van der Waals surface area contributed by atoms with Crippen molar-refractivity contribution in [2.75, 3.05) is 27.2 Å². The van der Waals surface area contributed by atoms with Gasteiger partial charge in [0.05, 0.1) is 9.52 Å². The molecule has 3 heteroatoms. The highest BCUT2D eigenvalue weighted by Crippen LogP contribution is 2.01. The molecule has 1 aromatic rings. The largest absolute Gasteiger partial charge is 0.297 e. The predicted octanol–water partition coefficient (Wildman–Crippen LogP) is 0.668. The minimum absolute atomic E-state index is 0.262. The Morgan fingerprint density at radius 3 is 2.06 bits per heavy atom. The molecule has 90 valence electrons. The van der Waals surface area contributed by atoms with Crippen LogP contribution in [-0.2, 0) is 0 Å². The fraction of sp³-hybridized carbons (Fsp3) is 0.538. The van der Waals surface area contributed by atoms with Crippen LogP contribution in [-0.4, -0.2) is 52.3 Å². The van der Waals surface area contributed by atoms with Crippen molar-refractivity contribution >= 4 is 14.7 Å². The van der Waals surface area contributed by atoms with Gasteiger partial charge in [0, 0.05) is 5.79 Å². The maximum absolute atomic E-state index is 2.55. The van der Waals surface area contributed by atoms with Crippen LogP contribution in [0.1, 0.15) is 13.8 Å². The summed E-state index contributed by atoms with van der Waals surface area (Å²) in [6.07, 6.45) is 0. The standard InChI is InChI=1S/C13H24N2Si/c1-5-15(6-2)13(14(3)4)16-12-10-8-7-9-11-12/h7-11,13H,5-6,16H2,1-4H3. The van der Waals surface area contributed by atoms with Crippen molar-refractivity contribution in [3.8, 4) is 0 Å². The molecule has 0 bridgehead atoms. The summed E-state index contributed by atoms with van der Waals surface area (Å²) in [6, 6.07) is 10.9. The summed E-state index contributed by atoms with van der Waals surface area (Å²) in [6.45, 7) is 6.77. The summed E-state index contributed by atoms with van der Waals surface area (Å²) in [7, 11) is 4.12. The average Bonchev–Trinajstić information content (AvgIpc) is 2.30. The molecule has 0 fully saturated rings. The zero-order valence-corrected chi connectivity index (χ0v) is 12.4. The fourth-order valence-electron chi connectivity index (χ4n) is 2.11. The Morgan fingerprint density at radius 2 is 1.62 bits per heavy atom. The summed E-state index contributed by atoms with van der Waals surface area (Å²) in [5.41, 5.74) is 0. The minimum atomic E-state index is -0.262. The third-order valence-electron chi connectivity index (χ3n) is 3.09. The van der Waals surface area contributed by atoms with Gasteiger partial charge < -0.3 is 0 Å². The van der Waals surface area contributed by atoms with Crippen LogP contribution in [0, 0.1) is 0 Å². The molecule has 0 N–H and O–H groups in total. The van der Waals surface area contributed by atoms with Crippen molar-refractivity contribution in [3.63, 3.8) is 0 Å². The SMILES string of the molecule is CCN(CC)C([SiH2]c1ccccc1)N(C)C. The third-order valence-corrected chi connectivity index (χ3v) is 5.65. The number of hydrogen-bond donors (Lipinski definition) is 0. The van der Waals surface area contributed by atoms with Crippen molar-refractivity contribution in [2.24, 2.45) is 0 Å². The van der Waals surface area contributed by atoms with E-state index in [2.05, 4.69) is 68.1 Å². The van der Waals surface area contributed by atoms with Crippen molar-refractivity contribution in [1.82, 2.24) is 9.80 Å². The molecule has 0 aliphatic carbocycles. The van der Waals surface area contributed by atoms with E-state index in [1.165, 1.54) is 0 Å². The second-order valence-corrected chi connectivity index (χ2v) is 6.31. The molecule has 0 heterocycles. The number of nitrogens with zero attached hydrogens (tertiary/aromatic N) is 2. The van der Waals surface area contributed by atoms with Crippen molar-refractivity contribution < 1.29 is 0 Å². The van der Waals surface area contributed by atoms with Crippen LogP contribution in [0.2, 0.25) is 0 Å². The van der Waals surface area contributed by atoms with E-state index < -0.39 is 0 Å². The van der Waals surface area contributed by atoms with Crippen LogP contribution in [0.4, 0.5) is 0 Å². The Hall–Kier alpha value is -0.643. The van der Waals surface area contributed by atoms with Crippen molar-refractivity contribution in [1.29, 1.82) is 0 Å². The summed E-state index contributed by atoms with van der Waals surface area (Å²) in [4.78, 5) is 4.92. The smallest absolute Gasteiger partial charge is 0.0922 e. The zero-order valence-electron chi connectivity index (χ0n) is 11.0. The van der Waals surface area contributed by atoms with Gasteiger partial charge in [-0.25, -0.2) is 0 Å². The molecule has 1 unspecified atom stereocenters. The number of rotatable bonds is 6. The van der Waals surface area contributed by atoms with E-state index in [0.717, 1.165) is 13.1 Å². The van der Waals surface area contributed by atoms with E-state index in [4.69, 9.17) is 0 Å². The molecule has 0 saturated carbocycles. The zero-order chi connectivity index (χ0) is 12.0. The van der Waals surface area contributed by atoms with Gasteiger partial charge in [0.1, 0.15) is 0 Å². The van der Waals surface area contributed by atoms with Gasteiger partial charge >= 0.3 is 0 Å². The van der Waals surface area contributed by atoms with Gasteiger partial charge in [-0.1, -0.05) is 49.4 Å². The van der Waals surface area contributed by atoms with Gasteiger partial charge in [-0.05, 0) is 27.2 Å². The molecule has 0 spiro atoms. The van der Waals surface area contributed by atoms with Gasteiger partial charge in [0.15, 0.2) is 0 Å². The first-order valence-electron chi connectivity index (χ1n) is 6.13. The molecule has 0 aromatic heterocycles. The molecular weight excluding hydrogens is 212 g/mol. The summed E-state index contributed by atoms with van der Waals surface area (Å²) < 4.78 is 0. The Bertz CT molecular complexity index is 283. The maximum atomic E-state index is 2.55. The molecule has 1 atom stereocenters. The summed E-state index contributed by atoms with van der Waals surface area (Å²) in [5, 5.41) is 1.55. The van der Waals surface area contributed by atoms with Crippen molar-refractivity contribution in [3.05, 3.63) is 30.3 Å². The highest BCUT2D eigenvalue weighted by molar-refractivity contribution is 6.54. The van der Waals surface area contributed by atoms with Gasteiger partial charge in [-0.15, -0.1) is 0 Å². The summed E-state index contributed by atoms with van der Waals surface area (Å²) in [5.74, 6) is 0.636. The number of hydrogen-bond acceptors (Lipinski definition) is 2. The first kappa shape index (κ1) is 13.4. The molecule has 0 aliphatic rings. The van der Waals surface area contributed by atoms with Crippen LogP contribution in [0.3, 0.4) is 0 Å². The first-order chi connectivity index (χ1) is 7.69. The monoisotopic (exact) mass is 236 g/mol. The predicted molar refractivity (Wildman–Crippen MR) is 75.0 cm³/mol. The normalized spacial score (nSPS) is 14.1. The molecule has 2 nitrogen and oxygen atoms in total. The molecule has 16 heavy (non-hydrogen) atoms. The van der Waals surface area contributed by atoms with Crippen molar-refractivity contribution in [2.45, 2.75) is 19.6 Å². The molecule has 0 saturated heterocycles. The molecule has 0 amide bonds. The molecular formula is C13H24N2Si. The quantitative estimate of drug-likeness (QED) is 0.529. The highest BCUT2D eigenvalue weighted by atomic mass is 28.2. The minimum Gasteiger partial charge on any atom is -0.297 e. The summed E-state index contributed by atoms with van der Waals surface area (Å²) >= 11 is 0. The number of benzene rings is 1. The van der Waals surface area contributed by atoms with E-state index in [1.807, 2.05) is 0 Å². The average molecular weight is 236 g/mol. The molecule has 0 radical (unpaired) electrons. The first-order valence-corrected chi connectivity index (χ1v) is 7.65. The van der Waals surface area contributed by atoms with E-state index in [1.54, 1.807) is 5.19 Å². The van der Waals surface area contributed by atoms with Crippen LogP contribution in [0.15, 0.2) is 30.3 Å². The van der Waals surface area contributed by atoms with Gasteiger partial charge in [-0.2, -0.15) is 0 Å². The molecule has 1 aromatic carbocycles. The lowest BCUT2D eigenvalue weighted by Crippen LogP contribution is -2.51. The topological polar surface area (TPSA) is 6.48 Å². The van der Waals surface area contributed by atoms with Gasteiger partial charge in [0.2, 0.25) is 0 Å². The Labute approximate surface area is 102 Å². The Balaban J connectivity index is 2.72. The van der Waals surface area contributed by atoms with E-state index in [0.29, 0.717) is 5.79 Å². The van der Waals surface area contributed by atoms with Crippen LogP contribution in [0.5, 0.6) is 0 Å². The van der Waals surface area contributed by atoms with E-state index in [9.17, 15) is 0 Å². The molecule has 0 aliphatic heterocycles. The Kier molecular flexibility index (Phi) is 5.73. The third kappa shape index (κ3) is 3.74. The van der Waals surface area contributed by atoms with E-state index in [-0.39, 0.29) is 9.52 Å². The van der Waals surface area contributed by atoms with Gasteiger partial charge in [-0.3, -0.25) is 9.80 Å². The second-order valence-electron chi connectivity index (χ2n) is 4.36. The lowest BCUT2D eigenvalue weighted by molar-refractivity contribution is 0.153. The van der Waals surface area contributed by atoms with Crippen LogP contribution >= 0.6 is 0 Å². The van der Waals surface area contributed by atoms with Crippen LogP contribution in [0.25, 0.3) is 0 Å². The lowest BCUT2D eigenvalue weighted by Gasteiger charge is -2.34. The maximum Gasteiger partial charge on any atom is 0.0922 e. The lowest BCUT2D eigenvalue weighted by atomic mass is 10.4. The second kappa shape index (κ2) is 6.84. The highest BCUT2D eigenvalue weighted by Gasteiger charge is 2.18. The Morgan fingerprint density at radius 1 is 1.06 bits per heavy atom. The van der Waals surface area contributed by atoms with Gasteiger partial charge in [0.25, 0.3) is 0 Å². The molecule has 1 rings (SSSR count).